The molecule has 5 aromatic rings. The number of thiophene rings is 1. The summed E-state index contributed by atoms with van der Waals surface area (Å²) in [5.41, 5.74) is 2.18. The van der Waals surface area contributed by atoms with Gasteiger partial charge < -0.3 is 15.0 Å². The van der Waals surface area contributed by atoms with E-state index < -0.39 is 35.5 Å². The predicted octanol–water partition coefficient (Wildman–Crippen LogP) is 4.14. The normalized spacial score (nSPS) is 11.3. The van der Waals surface area contributed by atoms with Gasteiger partial charge in [0.1, 0.15) is 16.5 Å². The molecule has 5 rings (SSSR count). The van der Waals surface area contributed by atoms with Crippen LogP contribution in [-0.2, 0) is 17.9 Å². The zero-order valence-corrected chi connectivity index (χ0v) is 25.6. The number of benzene rings is 2. The van der Waals surface area contributed by atoms with Gasteiger partial charge in [-0.1, -0.05) is 18.2 Å². The maximum atomic E-state index is 14.9. The highest BCUT2D eigenvalue weighted by Crippen LogP contribution is 2.38. The number of methoxy groups -OCH3 is 1. The molecule has 2 N–H and O–H groups in total. The van der Waals surface area contributed by atoms with Crippen molar-refractivity contribution in [3.05, 3.63) is 98.2 Å². The lowest BCUT2D eigenvalue weighted by atomic mass is 10.1. The van der Waals surface area contributed by atoms with Crippen LogP contribution in [0.3, 0.4) is 0 Å². The molecule has 0 fully saturated rings. The van der Waals surface area contributed by atoms with E-state index in [1.54, 1.807) is 31.2 Å². The maximum absolute atomic E-state index is 14.9. The molecule has 3 aromatic heterocycles. The fourth-order valence-electron chi connectivity index (χ4n) is 4.69. The second kappa shape index (κ2) is 13.3. The van der Waals surface area contributed by atoms with Crippen molar-refractivity contribution in [1.82, 2.24) is 29.7 Å². The van der Waals surface area contributed by atoms with Gasteiger partial charge in [0, 0.05) is 28.7 Å². The van der Waals surface area contributed by atoms with Crippen LogP contribution >= 0.6 is 11.3 Å². The molecule has 0 bridgehead atoms. The molecule has 45 heavy (non-hydrogen) atoms. The highest BCUT2D eigenvalue weighted by molar-refractivity contribution is 7.22. The van der Waals surface area contributed by atoms with Crippen molar-refractivity contribution in [2.75, 3.05) is 33.1 Å². The molecule has 0 spiro atoms. The Hall–Kier alpha value is -4.99. The SMILES string of the molecule is CCONC(=O)Nc1ccc(-c2sc3c(c2CN(C)C)c(=O)n(-c2ccc(OC)nn2)c(=O)n3Cc2c(F)cccc2F)cc1. The molecular weight excluding hydrogens is 608 g/mol. The van der Waals surface area contributed by atoms with E-state index in [2.05, 4.69) is 21.0 Å². The van der Waals surface area contributed by atoms with Crippen LogP contribution in [0.4, 0.5) is 19.3 Å². The molecular formula is C30H29F2N7O5S. The topological polar surface area (TPSA) is 133 Å². The minimum atomic E-state index is -0.848. The van der Waals surface area contributed by atoms with Crippen LogP contribution in [0.5, 0.6) is 5.88 Å². The molecule has 3 heterocycles. The summed E-state index contributed by atoms with van der Waals surface area (Å²) < 4.78 is 36.8. The standard InChI is InChI=1S/C30H29F2N7O5S/c1-5-44-36-29(41)33-18-11-9-17(10-12-18)26-20(15-37(2)3)25-27(40)39(23-13-14-24(43-4)35-34-23)30(42)38(28(25)45-26)16-19-21(31)7-6-8-22(19)32/h6-14H,5,15-16H2,1-4H3,(H2,33,36,41). The Balaban J connectivity index is 1.75. The Labute approximate surface area is 259 Å². The highest BCUT2D eigenvalue weighted by Gasteiger charge is 2.26. The van der Waals surface area contributed by atoms with E-state index in [9.17, 15) is 23.2 Å². The van der Waals surface area contributed by atoms with E-state index >= 15 is 0 Å². The van der Waals surface area contributed by atoms with E-state index in [0.717, 1.165) is 28.0 Å². The number of carbonyl (C=O) groups is 1. The molecule has 0 aliphatic carbocycles. The number of ether oxygens (including phenoxy) is 1. The molecule has 2 aromatic carbocycles. The molecule has 15 heteroatoms. The molecule has 0 saturated heterocycles. The minimum Gasteiger partial charge on any atom is -0.480 e. The van der Waals surface area contributed by atoms with Crippen LogP contribution in [0, 0.1) is 11.6 Å². The number of carbonyl (C=O) groups excluding carboxylic acids is 1. The molecule has 0 unspecified atom stereocenters. The summed E-state index contributed by atoms with van der Waals surface area (Å²) in [6.45, 7) is 1.84. The molecule has 12 nitrogen and oxygen atoms in total. The van der Waals surface area contributed by atoms with Gasteiger partial charge in [-0.3, -0.25) is 14.2 Å². The van der Waals surface area contributed by atoms with E-state index in [1.165, 1.54) is 29.9 Å². The quantitative estimate of drug-likeness (QED) is 0.219. The minimum absolute atomic E-state index is 0.0836. The van der Waals surface area contributed by atoms with Gasteiger partial charge in [-0.25, -0.2) is 28.4 Å². The van der Waals surface area contributed by atoms with Gasteiger partial charge in [0.05, 0.1) is 25.6 Å². The first-order valence-corrected chi connectivity index (χ1v) is 14.5. The zero-order valence-electron chi connectivity index (χ0n) is 24.8. The molecule has 0 aliphatic heterocycles. The van der Waals surface area contributed by atoms with Crippen molar-refractivity contribution in [3.63, 3.8) is 0 Å². The number of urea groups is 1. The van der Waals surface area contributed by atoms with Crippen LogP contribution in [0.2, 0.25) is 0 Å². The summed E-state index contributed by atoms with van der Waals surface area (Å²) in [6.07, 6.45) is 0. The van der Waals surface area contributed by atoms with Crippen molar-refractivity contribution < 1.29 is 23.1 Å². The molecule has 0 radical (unpaired) electrons. The lowest BCUT2D eigenvalue weighted by Crippen LogP contribution is -2.39. The Kier molecular flexibility index (Phi) is 9.32. The number of aromatic nitrogens is 4. The van der Waals surface area contributed by atoms with Gasteiger partial charge in [0.15, 0.2) is 5.82 Å². The van der Waals surface area contributed by atoms with Gasteiger partial charge in [0.25, 0.3) is 5.56 Å². The third-order valence-corrected chi connectivity index (χ3v) is 8.01. The summed E-state index contributed by atoms with van der Waals surface area (Å²) >= 11 is 1.15. The van der Waals surface area contributed by atoms with Crippen LogP contribution < -0.4 is 26.8 Å². The summed E-state index contributed by atoms with van der Waals surface area (Å²) in [6, 6.07) is 12.6. The number of hydroxylamine groups is 1. The zero-order chi connectivity index (χ0) is 32.2. The first kappa shape index (κ1) is 31.4. The second-order valence-electron chi connectivity index (χ2n) is 10.0. The largest absolute Gasteiger partial charge is 0.480 e. The number of amides is 2. The van der Waals surface area contributed by atoms with Crippen LogP contribution in [0.15, 0.2) is 64.2 Å². The lowest BCUT2D eigenvalue weighted by molar-refractivity contribution is 0.0758. The molecule has 0 saturated carbocycles. The number of anilines is 1. The summed E-state index contributed by atoms with van der Waals surface area (Å²) in [4.78, 5) is 47.9. The Morgan fingerprint density at radius 1 is 1.00 bits per heavy atom. The monoisotopic (exact) mass is 637 g/mol. The number of nitrogens with one attached hydrogen (secondary N) is 2. The van der Waals surface area contributed by atoms with Crippen molar-refractivity contribution in [2.45, 2.75) is 20.0 Å². The predicted molar refractivity (Wildman–Crippen MR) is 166 cm³/mol. The van der Waals surface area contributed by atoms with Gasteiger partial charge in [-0.15, -0.1) is 21.5 Å². The van der Waals surface area contributed by atoms with Gasteiger partial charge in [-0.05, 0) is 62.5 Å². The van der Waals surface area contributed by atoms with E-state index in [1.807, 2.05) is 19.0 Å². The smallest absolute Gasteiger partial charge is 0.343 e. The van der Waals surface area contributed by atoms with Crippen molar-refractivity contribution in [1.29, 1.82) is 0 Å². The number of halogens is 2. The first-order chi connectivity index (χ1) is 21.6. The number of fused-ring (bicyclic) bond motifs is 1. The molecule has 0 atom stereocenters. The Bertz CT molecular complexity index is 1950. The van der Waals surface area contributed by atoms with Crippen molar-refractivity contribution in [2.24, 2.45) is 0 Å². The van der Waals surface area contributed by atoms with Crippen molar-refractivity contribution in [3.8, 4) is 22.1 Å². The summed E-state index contributed by atoms with van der Waals surface area (Å²) in [5.74, 6) is -1.58. The highest BCUT2D eigenvalue weighted by atomic mass is 32.1. The number of hydrogen-bond acceptors (Lipinski definition) is 9. The molecule has 0 aliphatic rings. The third-order valence-electron chi connectivity index (χ3n) is 6.70. The van der Waals surface area contributed by atoms with E-state index in [-0.39, 0.29) is 27.5 Å². The van der Waals surface area contributed by atoms with Crippen LogP contribution in [-0.4, -0.2) is 58.1 Å². The number of hydrogen-bond donors (Lipinski definition) is 2. The van der Waals surface area contributed by atoms with Crippen LogP contribution in [0.25, 0.3) is 26.5 Å². The Morgan fingerprint density at radius 3 is 2.31 bits per heavy atom. The average molecular weight is 638 g/mol. The van der Waals surface area contributed by atoms with Crippen molar-refractivity contribution >= 4 is 33.3 Å². The number of nitrogens with zero attached hydrogens (tertiary/aromatic N) is 5. The maximum Gasteiger partial charge on any atom is 0.343 e. The van der Waals surface area contributed by atoms with Gasteiger partial charge in [-0.2, -0.15) is 0 Å². The summed E-state index contributed by atoms with van der Waals surface area (Å²) in [7, 11) is 5.06. The van der Waals surface area contributed by atoms with Gasteiger partial charge in [0.2, 0.25) is 5.88 Å². The fraction of sp³-hybridized carbons (Fsp3) is 0.233. The number of rotatable bonds is 10. The Morgan fingerprint density at radius 2 is 1.71 bits per heavy atom. The van der Waals surface area contributed by atoms with Crippen LogP contribution in [0.1, 0.15) is 18.1 Å². The summed E-state index contributed by atoms with van der Waals surface area (Å²) in [5, 5.41) is 10.8. The first-order valence-electron chi connectivity index (χ1n) is 13.7. The average Bonchev–Trinajstić information content (AvgIpc) is 3.38. The van der Waals surface area contributed by atoms with E-state index in [4.69, 9.17) is 9.57 Å². The lowest BCUT2D eigenvalue weighted by Gasteiger charge is -2.14. The second-order valence-corrected chi connectivity index (χ2v) is 11.0. The van der Waals surface area contributed by atoms with Gasteiger partial charge >= 0.3 is 11.7 Å². The third kappa shape index (κ3) is 6.45. The fourth-order valence-corrected chi connectivity index (χ4v) is 5.99. The molecule has 234 valence electrons. The van der Waals surface area contributed by atoms with E-state index in [0.29, 0.717) is 34.8 Å². The molecule has 2 amide bonds.